The minimum Gasteiger partial charge on any atom is -0.398 e. The number of nitrogen functional groups attached to an aromatic ring is 1. The van der Waals surface area contributed by atoms with E-state index >= 15 is 0 Å². The second-order valence-corrected chi connectivity index (χ2v) is 5.60. The van der Waals surface area contributed by atoms with E-state index in [-0.39, 0.29) is 17.9 Å². The fraction of sp³-hybridized carbons (Fsp3) is 0.385. The molecule has 5 nitrogen and oxygen atoms in total. The van der Waals surface area contributed by atoms with Crippen molar-refractivity contribution >= 4 is 33.4 Å². The van der Waals surface area contributed by atoms with Gasteiger partial charge in [0.2, 0.25) is 5.91 Å². The predicted octanol–water partition coefficient (Wildman–Crippen LogP) is 1.35. The normalized spacial score (nSPS) is 18.8. The molecule has 6 heteroatoms. The molecule has 1 aliphatic rings. The number of piperidine rings is 1. The van der Waals surface area contributed by atoms with Gasteiger partial charge in [-0.15, -0.1) is 0 Å². The van der Waals surface area contributed by atoms with Crippen LogP contribution in [0.1, 0.15) is 28.8 Å². The van der Waals surface area contributed by atoms with Gasteiger partial charge in [0, 0.05) is 34.7 Å². The Bertz CT molecular complexity index is 521. The van der Waals surface area contributed by atoms with Gasteiger partial charge in [0.1, 0.15) is 0 Å². The minimum atomic E-state index is -0.161. The Kier molecular flexibility index (Phi) is 4.09. The van der Waals surface area contributed by atoms with Crippen molar-refractivity contribution < 1.29 is 9.59 Å². The summed E-state index contributed by atoms with van der Waals surface area (Å²) in [6.07, 6.45) is 1.12. The van der Waals surface area contributed by atoms with Crippen LogP contribution < -0.4 is 16.4 Å². The first-order chi connectivity index (χ1) is 8.97. The van der Waals surface area contributed by atoms with Gasteiger partial charge in [-0.3, -0.25) is 9.59 Å². The van der Waals surface area contributed by atoms with Crippen molar-refractivity contribution in [3.05, 3.63) is 27.7 Å². The number of carbonyl (C=O) groups is 2. The van der Waals surface area contributed by atoms with Crippen molar-refractivity contribution in [1.82, 2.24) is 10.6 Å². The summed E-state index contributed by atoms with van der Waals surface area (Å²) >= 11 is 3.33. The SMILES string of the molecule is Cc1c(N)cc(Br)cc1C(=O)NC1CCC(=O)NC1. The highest BCUT2D eigenvalue weighted by Crippen LogP contribution is 2.23. The van der Waals surface area contributed by atoms with Crippen LogP contribution >= 0.6 is 15.9 Å². The maximum absolute atomic E-state index is 12.2. The maximum Gasteiger partial charge on any atom is 0.251 e. The second kappa shape index (κ2) is 5.61. The molecule has 0 aromatic heterocycles. The molecule has 1 unspecified atom stereocenters. The van der Waals surface area contributed by atoms with Crippen molar-refractivity contribution in [2.75, 3.05) is 12.3 Å². The van der Waals surface area contributed by atoms with E-state index in [1.807, 2.05) is 6.92 Å². The molecule has 0 spiro atoms. The Labute approximate surface area is 120 Å². The van der Waals surface area contributed by atoms with Crippen molar-refractivity contribution in [3.8, 4) is 0 Å². The molecule has 0 bridgehead atoms. The summed E-state index contributed by atoms with van der Waals surface area (Å²) in [6, 6.07) is 3.50. The van der Waals surface area contributed by atoms with Crippen molar-refractivity contribution in [2.45, 2.75) is 25.8 Å². The molecule has 4 N–H and O–H groups in total. The molecule has 0 aliphatic carbocycles. The average Bonchev–Trinajstić information content (AvgIpc) is 2.36. The number of benzene rings is 1. The molecule has 2 amide bonds. The van der Waals surface area contributed by atoms with Crippen LogP contribution in [0.5, 0.6) is 0 Å². The maximum atomic E-state index is 12.2. The third-order valence-electron chi connectivity index (χ3n) is 3.26. The molecule has 1 heterocycles. The zero-order valence-electron chi connectivity index (χ0n) is 10.6. The number of nitrogens with two attached hydrogens (primary N) is 1. The quantitative estimate of drug-likeness (QED) is 0.717. The monoisotopic (exact) mass is 325 g/mol. The van der Waals surface area contributed by atoms with Crippen molar-refractivity contribution in [1.29, 1.82) is 0 Å². The Hall–Kier alpha value is -1.56. The van der Waals surface area contributed by atoms with E-state index in [1.165, 1.54) is 0 Å². The number of anilines is 1. The lowest BCUT2D eigenvalue weighted by molar-refractivity contribution is -0.122. The van der Waals surface area contributed by atoms with Gasteiger partial charge in [0.15, 0.2) is 0 Å². The highest BCUT2D eigenvalue weighted by atomic mass is 79.9. The van der Waals surface area contributed by atoms with Crippen LogP contribution in [0.2, 0.25) is 0 Å². The largest absolute Gasteiger partial charge is 0.398 e. The van der Waals surface area contributed by atoms with Crippen LogP contribution in [0, 0.1) is 6.92 Å². The first kappa shape index (κ1) is 13.9. The highest BCUT2D eigenvalue weighted by molar-refractivity contribution is 9.10. The number of carbonyl (C=O) groups excluding carboxylic acids is 2. The van der Waals surface area contributed by atoms with Crippen LogP contribution in [-0.2, 0) is 4.79 Å². The zero-order valence-corrected chi connectivity index (χ0v) is 12.2. The van der Waals surface area contributed by atoms with E-state index in [4.69, 9.17) is 5.73 Å². The average molecular weight is 326 g/mol. The number of halogens is 1. The molecular weight excluding hydrogens is 310 g/mol. The van der Waals surface area contributed by atoms with Crippen LogP contribution in [0.15, 0.2) is 16.6 Å². The van der Waals surface area contributed by atoms with Gasteiger partial charge in [0.05, 0.1) is 0 Å². The zero-order chi connectivity index (χ0) is 14.0. The van der Waals surface area contributed by atoms with E-state index in [9.17, 15) is 9.59 Å². The first-order valence-corrected chi connectivity index (χ1v) is 6.90. The summed E-state index contributed by atoms with van der Waals surface area (Å²) in [4.78, 5) is 23.3. The van der Waals surface area contributed by atoms with Gasteiger partial charge in [-0.1, -0.05) is 15.9 Å². The third kappa shape index (κ3) is 3.26. The summed E-state index contributed by atoms with van der Waals surface area (Å²) in [5.74, 6) is -0.125. The van der Waals surface area contributed by atoms with E-state index in [1.54, 1.807) is 12.1 Å². The van der Waals surface area contributed by atoms with Crippen LogP contribution in [0.3, 0.4) is 0 Å². The minimum absolute atomic E-state index is 0.0233. The Morgan fingerprint density at radius 1 is 1.53 bits per heavy atom. The number of amides is 2. The van der Waals surface area contributed by atoms with Crippen molar-refractivity contribution in [3.63, 3.8) is 0 Å². The van der Waals surface area contributed by atoms with Crippen LogP contribution in [0.25, 0.3) is 0 Å². The standard InChI is InChI=1S/C13H16BrN3O2/c1-7-10(4-8(14)5-11(7)15)13(19)17-9-2-3-12(18)16-6-9/h4-5,9H,2-3,6,15H2,1H3,(H,16,18)(H,17,19). The molecule has 1 aliphatic heterocycles. The van der Waals surface area contributed by atoms with Crippen LogP contribution in [0.4, 0.5) is 5.69 Å². The molecule has 1 fully saturated rings. The van der Waals surface area contributed by atoms with Gasteiger partial charge in [0.25, 0.3) is 5.91 Å². The van der Waals surface area contributed by atoms with Gasteiger partial charge < -0.3 is 16.4 Å². The fourth-order valence-electron chi connectivity index (χ4n) is 2.06. The summed E-state index contributed by atoms with van der Waals surface area (Å²) < 4.78 is 0.776. The molecule has 102 valence electrons. The number of rotatable bonds is 2. The molecule has 0 saturated carbocycles. The first-order valence-electron chi connectivity index (χ1n) is 6.10. The number of nitrogens with one attached hydrogen (secondary N) is 2. The third-order valence-corrected chi connectivity index (χ3v) is 3.72. The second-order valence-electron chi connectivity index (χ2n) is 4.68. The topological polar surface area (TPSA) is 84.2 Å². The molecular formula is C13H16BrN3O2. The molecule has 1 aromatic rings. The van der Waals surface area contributed by atoms with Gasteiger partial charge in [-0.05, 0) is 31.0 Å². The smallest absolute Gasteiger partial charge is 0.251 e. The van der Waals surface area contributed by atoms with Crippen LogP contribution in [-0.4, -0.2) is 24.4 Å². The lowest BCUT2D eigenvalue weighted by Gasteiger charge is -2.24. The molecule has 1 saturated heterocycles. The van der Waals surface area contributed by atoms with Gasteiger partial charge >= 0.3 is 0 Å². The molecule has 2 rings (SSSR count). The summed E-state index contributed by atoms with van der Waals surface area (Å²) in [6.45, 7) is 2.30. The van der Waals surface area contributed by atoms with E-state index in [2.05, 4.69) is 26.6 Å². The van der Waals surface area contributed by atoms with E-state index in [0.717, 1.165) is 10.0 Å². The Balaban J connectivity index is 2.10. The highest BCUT2D eigenvalue weighted by Gasteiger charge is 2.21. The summed E-state index contributed by atoms with van der Waals surface area (Å²) in [5, 5.41) is 5.66. The summed E-state index contributed by atoms with van der Waals surface area (Å²) in [5.41, 5.74) is 7.75. The molecule has 1 atom stereocenters. The molecule has 1 aromatic carbocycles. The number of hydrogen-bond acceptors (Lipinski definition) is 3. The molecule has 19 heavy (non-hydrogen) atoms. The van der Waals surface area contributed by atoms with E-state index < -0.39 is 0 Å². The molecule has 0 radical (unpaired) electrons. The Morgan fingerprint density at radius 3 is 2.89 bits per heavy atom. The lowest BCUT2D eigenvalue weighted by atomic mass is 10.0. The number of hydrogen-bond donors (Lipinski definition) is 3. The predicted molar refractivity (Wildman–Crippen MR) is 76.8 cm³/mol. The Morgan fingerprint density at radius 2 is 2.26 bits per heavy atom. The van der Waals surface area contributed by atoms with Crippen molar-refractivity contribution in [2.24, 2.45) is 0 Å². The summed E-state index contributed by atoms with van der Waals surface area (Å²) in [7, 11) is 0. The van der Waals surface area contributed by atoms with E-state index in [0.29, 0.717) is 30.6 Å². The van der Waals surface area contributed by atoms with Gasteiger partial charge in [-0.25, -0.2) is 0 Å². The fourth-order valence-corrected chi connectivity index (χ4v) is 2.53. The van der Waals surface area contributed by atoms with Gasteiger partial charge in [-0.2, -0.15) is 0 Å². The lowest BCUT2D eigenvalue weighted by Crippen LogP contribution is -2.47.